The van der Waals surface area contributed by atoms with E-state index in [4.69, 9.17) is 13.9 Å². The topological polar surface area (TPSA) is 65.7 Å². The van der Waals surface area contributed by atoms with E-state index in [1.54, 1.807) is 31.2 Å². The number of hydrogen-bond donors (Lipinski definition) is 0. The zero-order valence-electron chi connectivity index (χ0n) is 14.2. The molecule has 0 aliphatic carbocycles. The second-order valence-corrected chi connectivity index (χ2v) is 5.90. The number of carbonyl (C=O) groups excluding carboxylic acids is 1. The molecule has 0 saturated heterocycles. The summed E-state index contributed by atoms with van der Waals surface area (Å²) in [5.41, 5.74) is 1.85. The van der Waals surface area contributed by atoms with Crippen molar-refractivity contribution in [2.45, 2.75) is 26.9 Å². The molecule has 25 heavy (non-hydrogen) atoms. The van der Waals surface area contributed by atoms with Gasteiger partial charge in [-0.3, -0.25) is 0 Å². The van der Waals surface area contributed by atoms with Crippen LogP contribution in [0.5, 0.6) is 11.5 Å². The van der Waals surface area contributed by atoms with E-state index in [1.807, 2.05) is 26.0 Å². The summed E-state index contributed by atoms with van der Waals surface area (Å²) in [6, 6.07) is 13.8. The van der Waals surface area contributed by atoms with Gasteiger partial charge in [-0.1, -0.05) is 17.7 Å². The Morgan fingerprint density at radius 2 is 1.68 bits per heavy atom. The highest BCUT2D eigenvalue weighted by molar-refractivity contribution is 5.83. The maximum atomic E-state index is 12.2. The van der Waals surface area contributed by atoms with Gasteiger partial charge >= 0.3 is 11.6 Å². The second kappa shape index (κ2) is 6.81. The van der Waals surface area contributed by atoms with Crippen LogP contribution in [-0.4, -0.2) is 12.1 Å². The van der Waals surface area contributed by atoms with Crippen LogP contribution in [0.15, 0.2) is 57.7 Å². The summed E-state index contributed by atoms with van der Waals surface area (Å²) in [6.45, 7) is 5.41. The first-order chi connectivity index (χ1) is 11.9. The van der Waals surface area contributed by atoms with Gasteiger partial charge in [0.15, 0.2) is 6.10 Å². The highest BCUT2D eigenvalue weighted by atomic mass is 16.6. The summed E-state index contributed by atoms with van der Waals surface area (Å²) < 4.78 is 16.1. The summed E-state index contributed by atoms with van der Waals surface area (Å²) in [4.78, 5) is 23.7. The fourth-order valence-electron chi connectivity index (χ4n) is 2.44. The molecule has 0 aliphatic heterocycles. The summed E-state index contributed by atoms with van der Waals surface area (Å²) in [7, 11) is 0. The van der Waals surface area contributed by atoms with Gasteiger partial charge in [-0.15, -0.1) is 0 Å². The van der Waals surface area contributed by atoms with E-state index < -0.39 is 17.7 Å². The van der Waals surface area contributed by atoms with Gasteiger partial charge in [-0.2, -0.15) is 0 Å². The molecule has 5 heteroatoms. The van der Waals surface area contributed by atoms with Crippen molar-refractivity contribution < 1.29 is 18.7 Å². The standard InChI is InChI=1S/C20H18O5/c1-12-4-6-15(7-5-12)23-14(3)20(22)24-16-8-9-17-13(2)10-19(21)25-18(17)11-16/h4-11,14H,1-3H3. The first-order valence-electron chi connectivity index (χ1n) is 7.92. The molecule has 1 atom stereocenters. The van der Waals surface area contributed by atoms with Crippen LogP contribution in [-0.2, 0) is 4.79 Å². The molecule has 1 unspecified atom stereocenters. The summed E-state index contributed by atoms with van der Waals surface area (Å²) >= 11 is 0. The van der Waals surface area contributed by atoms with E-state index in [-0.39, 0.29) is 0 Å². The fraction of sp³-hybridized carbons (Fsp3) is 0.200. The van der Waals surface area contributed by atoms with Crippen molar-refractivity contribution >= 4 is 16.9 Å². The van der Waals surface area contributed by atoms with E-state index in [0.717, 1.165) is 16.5 Å². The number of ether oxygens (including phenoxy) is 2. The predicted molar refractivity (Wildman–Crippen MR) is 94.1 cm³/mol. The van der Waals surface area contributed by atoms with Crippen molar-refractivity contribution in [1.82, 2.24) is 0 Å². The number of rotatable bonds is 4. The van der Waals surface area contributed by atoms with Gasteiger partial charge in [-0.05, 0) is 50.6 Å². The molecule has 0 saturated carbocycles. The van der Waals surface area contributed by atoms with Gasteiger partial charge in [0.05, 0.1) is 0 Å². The monoisotopic (exact) mass is 338 g/mol. The number of carbonyl (C=O) groups is 1. The lowest BCUT2D eigenvalue weighted by atomic mass is 10.1. The third kappa shape index (κ3) is 3.88. The molecule has 128 valence electrons. The fourth-order valence-corrected chi connectivity index (χ4v) is 2.44. The summed E-state index contributed by atoms with van der Waals surface area (Å²) in [5, 5.41) is 0.795. The van der Waals surface area contributed by atoms with E-state index in [2.05, 4.69) is 0 Å². The SMILES string of the molecule is Cc1ccc(OC(C)C(=O)Oc2ccc3c(C)cc(=O)oc3c2)cc1. The van der Waals surface area contributed by atoms with Crippen molar-refractivity contribution in [3.8, 4) is 11.5 Å². The molecular weight excluding hydrogens is 320 g/mol. The molecule has 1 aromatic heterocycles. The average Bonchev–Trinajstić information content (AvgIpc) is 2.56. The van der Waals surface area contributed by atoms with Gasteiger partial charge in [-0.25, -0.2) is 9.59 Å². The highest BCUT2D eigenvalue weighted by Crippen LogP contribution is 2.23. The third-order valence-electron chi connectivity index (χ3n) is 3.81. The van der Waals surface area contributed by atoms with Gasteiger partial charge in [0, 0.05) is 17.5 Å². The van der Waals surface area contributed by atoms with Crippen LogP contribution in [0, 0.1) is 13.8 Å². The summed E-state index contributed by atoms with van der Waals surface area (Å²) in [6.07, 6.45) is -0.775. The van der Waals surface area contributed by atoms with Crippen LogP contribution in [0.3, 0.4) is 0 Å². The van der Waals surface area contributed by atoms with Crippen molar-refractivity contribution in [1.29, 1.82) is 0 Å². The molecule has 1 heterocycles. The quantitative estimate of drug-likeness (QED) is 0.411. The maximum absolute atomic E-state index is 12.2. The van der Waals surface area contributed by atoms with Gasteiger partial charge in [0.1, 0.15) is 17.1 Å². The zero-order valence-corrected chi connectivity index (χ0v) is 14.2. The molecule has 0 aliphatic rings. The third-order valence-corrected chi connectivity index (χ3v) is 3.81. The van der Waals surface area contributed by atoms with Crippen LogP contribution in [0.25, 0.3) is 11.0 Å². The molecular formula is C20H18O5. The van der Waals surface area contributed by atoms with Crippen LogP contribution in [0.4, 0.5) is 0 Å². The Bertz CT molecular complexity index is 970. The molecule has 0 radical (unpaired) electrons. The minimum atomic E-state index is -0.775. The Kier molecular flexibility index (Phi) is 4.57. The number of fused-ring (bicyclic) bond motifs is 1. The molecule has 0 amide bonds. The average molecular weight is 338 g/mol. The van der Waals surface area contributed by atoms with Crippen LogP contribution >= 0.6 is 0 Å². The Hall–Kier alpha value is -3.08. The van der Waals surface area contributed by atoms with Gasteiger partial charge in [0.2, 0.25) is 0 Å². The zero-order chi connectivity index (χ0) is 18.0. The molecule has 0 bridgehead atoms. The smallest absolute Gasteiger partial charge is 0.352 e. The predicted octanol–water partition coefficient (Wildman–Crippen LogP) is 3.78. The molecule has 3 aromatic rings. The second-order valence-electron chi connectivity index (χ2n) is 5.90. The van der Waals surface area contributed by atoms with Crippen LogP contribution < -0.4 is 15.1 Å². The van der Waals surface area contributed by atoms with E-state index in [1.165, 1.54) is 12.1 Å². The molecule has 0 fully saturated rings. The number of aryl methyl sites for hydroxylation is 2. The van der Waals surface area contributed by atoms with Crippen LogP contribution in [0.1, 0.15) is 18.1 Å². The Morgan fingerprint density at radius 1 is 1.00 bits per heavy atom. The number of esters is 1. The summed E-state index contributed by atoms with van der Waals surface area (Å²) in [5.74, 6) is 0.357. The Labute approximate surface area is 144 Å². The minimum absolute atomic E-state index is 0.297. The Balaban J connectivity index is 1.74. The Morgan fingerprint density at radius 3 is 2.40 bits per heavy atom. The van der Waals surface area contributed by atoms with E-state index in [9.17, 15) is 9.59 Å². The van der Waals surface area contributed by atoms with E-state index in [0.29, 0.717) is 17.1 Å². The number of hydrogen-bond acceptors (Lipinski definition) is 5. The molecule has 3 rings (SSSR count). The largest absolute Gasteiger partial charge is 0.479 e. The lowest BCUT2D eigenvalue weighted by Gasteiger charge is -2.14. The molecule has 0 N–H and O–H groups in total. The lowest BCUT2D eigenvalue weighted by molar-refractivity contribution is -0.141. The normalized spacial score (nSPS) is 12.0. The first kappa shape index (κ1) is 16.8. The van der Waals surface area contributed by atoms with E-state index >= 15 is 0 Å². The lowest BCUT2D eigenvalue weighted by Crippen LogP contribution is -2.28. The van der Waals surface area contributed by atoms with Crippen LogP contribution in [0.2, 0.25) is 0 Å². The first-order valence-corrected chi connectivity index (χ1v) is 7.92. The molecule has 0 spiro atoms. The molecule has 5 nitrogen and oxygen atoms in total. The van der Waals surface area contributed by atoms with Gasteiger partial charge < -0.3 is 13.9 Å². The van der Waals surface area contributed by atoms with Crippen molar-refractivity contribution in [2.75, 3.05) is 0 Å². The maximum Gasteiger partial charge on any atom is 0.352 e. The van der Waals surface area contributed by atoms with Crippen molar-refractivity contribution in [3.63, 3.8) is 0 Å². The molecule has 2 aromatic carbocycles. The number of benzene rings is 2. The van der Waals surface area contributed by atoms with Crippen molar-refractivity contribution in [2.24, 2.45) is 0 Å². The minimum Gasteiger partial charge on any atom is -0.479 e. The van der Waals surface area contributed by atoms with Crippen molar-refractivity contribution in [3.05, 3.63) is 70.1 Å². The highest BCUT2D eigenvalue weighted by Gasteiger charge is 2.18. The van der Waals surface area contributed by atoms with Gasteiger partial charge in [0.25, 0.3) is 0 Å².